The first-order valence-electron chi connectivity index (χ1n) is 3.80. The molecule has 1 aromatic carbocycles. The second-order valence-corrected chi connectivity index (χ2v) is 3.30. The lowest BCUT2D eigenvalue weighted by Crippen LogP contribution is -1.94. The Morgan fingerprint density at radius 1 is 1.33 bits per heavy atom. The van der Waals surface area contributed by atoms with Gasteiger partial charge in [-0.25, -0.2) is 0 Å². The standard InChI is InChI=1S/C9H8ClNO/c10-9-6-2-4-8(12)5(6)1-3-7(9)11/h1,3H,2,4,11H2. The number of ketones is 1. The number of carbonyl (C=O) groups excluding carboxylic acids is 1. The highest BCUT2D eigenvalue weighted by Gasteiger charge is 2.22. The SMILES string of the molecule is Nc1ccc2c(c1Cl)CCC2=O. The highest BCUT2D eigenvalue weighted by Crippen LogP contribution is 2.32. The van der Waals surface area contributed by atoms with E-state index < -0.39 is 0 Å². The summed E-state index contributed by atoms with van der Waals surface area (Å²) in [5.74, 6) is 0.173. The van der Waals surface area contributed by atoms with Crippen LogP contribution in [0.1, 0.15) is 22.3 Å². The summed E-state index contributed by atoms with van der Waals surface area (Å²) in [6.45, 7) is 0. The van der Waals surface area contributed by atoms with Gasteiger partial charge >= 0.3 is 0 Å². The Bertz CT molecular complexity index is 360. The van der Waals surface area contributed by atoms with Gasteiger partial charge in [0.2, 0.25) is 0 Å². The molecule has 0 atom stereocenters. The Labute approximate surface area is 75.3 Å². The van der Waals surface area contributed by atoms with Crippen molar-refractivity contribution in [1.82, 2.24) is 0 Å². The minimum atomic E-state index is 0.173. The van der Waals surface area contributed by atoms with Gasteiger partial charge in [0, 0.05) is 12.0 Å². The average Bonchev–Trinajstić information content (AvgIpc) is 2.41. The van der Waals surface area contributed by atoms with Crippen LogP contribution in [0.2, 0.25) is 5.02 Å². The van der Waals surface area contributed by atoms with Crippen molar-refractivity contribution in [2.45, 2.75) is 12.8 Å². The highest BCUT2D eigenvalue weighted by molar-refractivity contribution is 6.34. The van der Waals surface area contributed by atoms with Crippen LogP contribution in [0.15, 0.2) is 12.1 Å². The predicted octanol–water partition coefficient (Wildman–Crippen LogP) is 2.05. The third-order valence-corrected chi connectivity index (χ3v) is 2.62. The first-order chi connectivity index (χ1) is 5.70. The number of nitrogens with two attached hydrogens (primary N) is 1. The van der Waals surface area contributed by atoms with Crippen LogP contribution in [-0.4, -0.2) is 5.78 Å². The predicted molar refractivity (Wildman–Crippen MR) is 48.5 cm³/mol. The van der Waals surface area contributed by atoms with Crippen LogP contribution in [0.4, 0.5) is 5.69 Å². The van der Waals surface area contributed by atoms with Crippen molar-refractivity contribution < 1.29 is 4.79 Å². The molecule has 0 amide bonds. The summed E-state index contributed by atoms with van der Waals surface area (Å²) in [5, 5.41) is 0.554. The van der Waals surface area contributed by atoms with Crippen molar-refractivity contribution >= 4 is 23.1 Å². The summed E-state index contributed by atoms with van der Waals surface area (Å²) in [6.07, 6.45) is 1.30. The van der Waals surface area contributed by atoms with E-state index in [9.17, 15) is 4.79 Å². The topological polar surface area (TPSA) is 43.1 Å². The molecule has 0 heterocycles. The average molecular weight is 182 g/mol. The molecule has 1 aliphatic rings. The van der Waals surface area contributed by atoms with Gasteiger partial charge in [0.1, 0.15) is 0 Å². The third kappa shape index (κ3) is 0.916. The molecular weight excluding hydrogens is 174 g/mol. The number of Topliss-reactive ketones (excluding diaryl/α,β-unsaturated/α-hetero) is 1. The summed E-state index contributed by atoms with van der Waals surface area (Å²) in [7, 11) is 0. The van der Waals surface area contributed by atoms with E-state index in [2.05, 4.69) is 0 Å². The smallest absolute Gasteiger partial charge is 0.163 e. The number of benzene rings is 1. The van der Waals surface area contributed by atoms with Crippen LogP contribution in [-0.2, 0) is 6.42 Å². The normalized spacial score (nSPS) is 14.9. The van der Waals surface area contributed by atoms with Crippen molar-refractivity contribution in [3.63, 3.8) is 0 Å². The monoisotopic (exact) mass is 181 g/mol. The molecule has 12 heavy (non-hydrogen) atoms. The van der Waals surface area contributed by atoms with Gasteiger partial charge in [-0.2, -0.15) is 0 Å². The largest absolute Gasteiger partial charge is 0.398 e. The fourth-order valence-electron chi connectivity index (χ4n) is 1.52. The van der Waals surface area contributed by atoms with Gasteiger partial charge in [-0.1, -0.05) is 11.6 Å². The molecule has 1 aliphatic carbocycles. The summed E-state index contributed by atoms with van der Waals surface area (Å²) in [5.41, 5.74) is 7.82. The molecular formula is C9H8ClNO. The first kappa shape index (κ1) is 7.62. The second kappa shape index (κ2) is 2.49. The lowest BCUT2D eigenvalue weighted by atomic mass is 10.1. The molecule has 2 N–H and O–H groups in total. The Morgan fingerprint density at radius 2 is 2.08 bits per heavy atom. The Balaban J connectivity index is 2.68. The van der Waals surface area contributed by atoms with E-state index in [-0.39, 0.29) is 5.78 Å². The summed E-state index contributed by atoms with van der Waals surface area (Å²) in [6, 6.07) is 3.44. The number of hydrogen-bond acceptors (Lipinski definition) is 2. The number of fused-ring (bicyclic) bond motifs is 1. The van der Waals surface area contributed by atoms with Crippen LogP contribution in [0.25, 0.3) is 0 Å². The molecule has 0 radical (unpaired) electrons. The van der Waals surface area contributed by atoms with E-state index in [0.717, 1.165) is 17.5 Å². The third-order valence-electron chi connectivity index (χ3n) is 2.18. The fraction of sp³-hybridized carbons (Fsp3) is 0.222. The van der Waals surface area contributed by atoms with Crippen LogP contribution >= 0.6 is 11.6 Å². The van der Waals surface area contributed by atoms with Crippen LogP contribution in [0.5, 0.6) is 0 Å². The van der Waals surface area contributed by atoms with Crippen molar-refractivity contribution in [2.24, 2.45) is 0 Å². The second-order valence-electron chi connectivity index (χ2n) is 2.92. The van der Waals surface area contributed by atoms with E-state index in [0.29, 0.717) is 17.1 Å². The summed E-state index contributed by atoms with van der Waals surface area (Å²) >= 11 is 5.93. The van der Waals surface area contributed by atoms with Gasteiger partial charge in [0.15, 0.2) is 5.78 Å². The molecule has 0 unspecified atom stereocenters. The number of halogens is 1. The van der Waals surface area contributed by atoms with E-state index in [4.69, 9.17) is 17.3 Å². The lowest BCUT2D eigenvalue weighted by molar-refractivity contribution is 0.0994. The molecule has 0 saturated carbocycles. The first-order valence-corrected chi connectivity index (χ1v) is 4.18. The van der Waals surface area contributed by atoms with Crippen LogP contribution < -0.4 is 5.73 Å². The fourth-order valence-corrected chi connectivity index (χ4v) is 1.78. The van der Waals surface area contributed by atoms with Crippen LogP contribution in [0, 0.1) is 0 Å². The molecule has 2 nitrogen and oxygen atoms in total. The molecule has 0 saturated heterocycles. The number of hydrogen-bond donors (Lipinski definition) is 1. The number of carbonyl (C=O) groups is 1. The van der Waals surface area contributed by atoms with Crippen LogP contribution in [0.3, 0.4) is 0 Å². The maximum atomic E-state index is 11.2. The molecule has 2 rings (SSSR count). The van der Waals surface area contributed by atoms with E-state index in [1.807, 2.05) is 0 Å². The van der Waals surface area contributed by atoms with E-state index >= 15 is 0 Å². The van der Waals surface area contributed by atoms with Gasteiger partial charge in [-0.3, -0.25) is 4.79 Å². The molecule has 1 aromatic rings. The minimum absolute atomic E-state index is 0.173. The number of anilines is 1. The van der Waals surface area contributed by atoms with Crippen molar-refractivity contribution in [3.05, 3.63) is 28.3 Å². The van der Waals surface area contributed by atoms with E-state index in [1.54, 1.807) is 12.1 Å². The maximum Gasteiger partial charge on any atom is 0.163 e. The Morgan fingerprint density at radius 3 is 2.83 bits per heavy atom. The summed E-state index contributed by atoms with van der Waals surface area (Å²) < 4.78 is 0. The van der Waals surface area contributed by atoms with Gasteiger partial charge < -0.3 is 5.73 Å². The van der Waals surface area contributed by atoms with E-state index in [1.165, 1.54) is 0 Å². The van der Waals surface area contributed by atoms with Gasteiger partial charge in [0.05, 0.1) is 10.7 Å². The molecule has 62 valence electrons. The number of nitrogen functional groups attached to an aromatic ring is 1. The maximum absolute atomic E-state index is 11.2. The zero-order valence-corrected chi connectivity index (χ0v) is 7.19. The van der Waals surface area contributed by atoms with Crippen molar-refractivity contribution in [3.8, 4) is 0 Å². The molecule has 3 heteroatoms. The molecule has 0 spiro atoms. The van der Waals surface area contributed by atoms with Gasteiger partial charge in [-0.05, 0) is 24.1 Å². The molecule has 0 fully saturated rings. The quantitative estimate of drug-likeness (QED) is 0.623. The summed E-state index contributed by atoms with van der Waals surface area (Å²) in [4.78, 5) is 11.2. The Kier molecular flexibility index (Phi) is 1.58. The zero-order valence-electron chi connectivity index (χ0n) is 6.43. The lowest BCUT2D eigenvalue weighted by Gasteiger charge is -2.02. The Hall–Kier alpha value is -1.02. The minimum Gasteiger partial charge on any atom is -0.398 e. The van der Waals surface area contributed by atoms with Gasteiger partial charge in [0.25, 0.3) is 0 Å². The molecule has 0 aliphatic heterocycles. The molecule has 0 aromatic heterocycles. The highest BCUT2D eigenvalue weighted by atomic mass is 35.5. The van der Waals surface area contributed by atoms with Crippen molar-refractivity contribution in [1.29, 1.82) is 0 Å². The number of rotatable bonds is 0. The molecule has 0 bridgehead atoms. The zero-order chi connectivity index (χ0) is 8.72. The van der Waals surface area contributed by atoms with Crippen molar-refractivity contribution in [2.75, 3.05) is 5.73 Å². The van der Waals surface area contributed by atoms with Gasteiger partial charge in [-0.15, -0.1) is 0 Å².